The Morgan fingerprint density at radius 1 is 1.56 bits per heavy atom. The van der Waals surface area contributed by atoms with Crippen molar-refractivity contribution in [2.75, 3.05) is 23.8 Å². The van der Waals surface area contributed by atoms with Gasteiger partial charge in [0.1, 0.15) is 5.37 Å². The number of thiophene rings is 1. The van der Waals surface area contributed by atoms with Gasteiger partial charge in [-0.15, -0.1) is 11.3 Å². The summed E-state index contributed by atoms with van der Waals surface area (Å²) in [5.74, 6) is 1.93. The van der Waals surface area contributed by atoms with Crippen LogP contribution in [0.5, 0.6) is 0 Å². The number of halogens is 1. The summed E-state index contributed by atoms with van der Waals surface area (Å²) in [6.07, 6.45) is 0. The molecule has 0 spiro atoms. The zero-order valence-corrected chi connectivity index (χ0v) is 14.2. The molecular weight excluding hydrogens is 354 g/mol. The second-order valence-electron chi connectivity index (χ2n) is 4.14. The molecule has 1 unspecified atom stereocenters. The molecule has 0 amide bonds. The van der Waals surface area contributed by atoms with Gasteiger partial charge < -0.3 is 0 Å². The van der Waals surface area contributed by atoms with Gasteiger partial charge in [0.15, 0.2) is 9.84 Å². The number of hydrogen-bond donors (Lipinski definition) is 0. The third-order valence-corrected chi connectivity index (χ3v) is 8.29. The van der Waals surface area contributed by atoms with E-state index in [0.717, 1.165) is 23.3 Å². The minimum atomic E-state index is -2.99. The van der Waals surface area contributed by atoms with Crippen LogP contribution in [0.15, 0.2) is 15.9 Å². The van der Waals surface area contributed by atoms with Crippen LogP contribution >= 0.6 is 39.0 Å². The van der Waals surface area contributed by atoms with Crippen molar-refractivity contribution in [2.45, 2.75) is 18.8 Å². The monoisotopic (exact) mass is 369 g/mol. The van der Waals surface area contributed by atoms with Gasteiger partial charge in [-0.1, -0.05) is 6.92 Å². The average Bonchev–Trinajstić information content (AvgIpc) is 2.76. The molecule has 2 heterocycles. The maximum absolute atomic E-state index is 12.1. The van der Waals surface area contributed by atoms with Crippen molar-refractivity contribution in [1.29, 1.82) is 0 Å². The highest BCUT2D eigenvalue weighted by atomic mass is 79.9. The summed E-state index contributed by atoms with van der Waals surface area (Å²) >= 11 is 6.92. The van der Waals surface area contributed by atoms with E-state index in [2.05, 4.69) is 20.8 Å². The molecule has 1 saturated heterocycles. The van der Waals surface area contributed by atoms with Crippen LogP contribution in [0.3, 0.4) is 0 Å². The largest absolute Gasteiger partial charge is 0.281 e. The lowest BCUT2D eigenvalue weighted by atomic mass is 10.4. The van der Waals surface area contributed by atoms with Crippen LogP contribution in [0.2, 0.25) is 0 Å². The molecule has 1 aromatic rings. The summed E-state index contributed by atoms with van der Waals surface area (Å²) < 4.78 is 25.3. The van der Waals surface area contributed by atoms with Crippen molar-refractivity contribution in [1.82, 2.24) is 4.90 Å². The van der Waals surface area contributed by atoms with Gasteiger partial charge in [0.25, 0.3) is 0 Å². The molecule has 1 aliphatic rings. The molecule has 0 N–H and O–H groups in total. The minimum Gasteiger partial charge on any atom is -0.281 e. The van der Waals surface area contributed by atoms with E-state index >= 15 is 0 Å². The standard InChI is InChI=1S/C11H16BrNO2S3/c1-2-18(14,15)11-8-16-6-4-13(11)7-10-9(12)3-5-17-10/h3,5,11H,2,4,6-8H2,1H3. The van der Waals surface area contributed by atoms with Gasteiger partial charge in [0, 0.05) is 39.7 Å². The molecule has 1 fully saturated rings. The van der Waals surface area contributed by atoms with E-state index in [4.69, 9.17) is 0 Å². The van der Waals surface area contributed by atoms with Crippen molar-refractivity contribution in [3.8, 4) is 0 Å². The molecule has 2 rings (SSSR count). The first kappa shape index (κ1) is 14.8. The molecular formula is C11H16BrNO2S3. The van der Waals surface area contributed by atoms with E-state index < -0.39 is 9.84 Å². The van der Waals surface area contributed by atoms with Gasteiger partial charge in [-0.25, -0.2) is 8.42 Å². The Morgan fingerprint density at radius 3 is 2.94 bits per heavy atom. The fourth-order valence-corrected chi connectivity index (χ4v) is 6.52. The Kier molecular flexibility index (Phi) is 5.16. The quantitative estimate of drug-likeness (QED) is 0.817. The van der Waals surface area contributed by atoms with Crippen LogP contribution in [0.25, 0.3) is 0 Å². The summed E-state index contributed by atoms with van der Waals surface area (Å²) in [4.78, 5) is 3.31. The van der Waals surface area contributed by atoms with Gasteiger partial charge in [-0.2, -0.15) is 11.8 Å². The van der Waals surface area contributed by atoms with Crippen LogP contribution in [0, 0.1) is 0 Å². The van der Waals surface area contributed by atoms with Gasteiger partial charge in [-0.3, -0.25) is 4.90 Å². The summed E-state index contributed by atoms with van der Waals surface area (Å²) in [5, 5.41) is 1.71. The molecule has 0 saturated carbocycles. The Morgan fingerprint density at radius 2 is 2.33 bits per heavy atom. The Bertz CT molecular complexity index is 500. The van der Waals surface area contributed by atoms with E-state index in [1.807, 2.05) is 11.4 Å². The predicted octanol–water partition coefficient (Wildman–Crippen LogP) is 2.82. The molecule has 0 aliphatic carbocycles. The molecule has 1 atom stereocenters. The second-order valence-corrected chi connectivity index (χ2v) is 9.60. The van der Waals surface area contributed by atoms with Crippen molar-refractivity contribution >= 4 is 48.9 Å². The van der Waals surface area contributed by atoms with Crippen molar-refractivity contribution in [3.63, 3.8) is 0 Å². The Balaban J connectivity index is 2.16. The van der Waals surface area contributed by atoms with Crippen LogP contribution < -0.4 is 0 Å². The SMILES string of the molecule is CCS(=O)(=O)C1CSCCN1Cc1sccc1Br. The fourth-order valence-electron chi connectivity index (χ4n) is 1.94. The van der Waals surface area contributed by atoms with Crippen LogP contribution in [-0.4, -0.2) is 42.5 Å². The number of sulfone groups is 1. The lowest BCUT2D eigenvalue weighted by Gasteiger charge is -2.34. The third-order valence-electron chi connectivity index (χ3n) is 3.05. The van der Waals surface area contributed by atoms with Crippen molar-refractivity contribution in [3.05, 3.63) is 20.8 Å². The first-order valence-electron chi connectivity index (χ1n) is 5.80. The molecule has 0 aromatic carbocycles. The fraction of sp³-hybridized carbons (Fsp3) is 0.636. The molecule has 0 radical (unpaired) electrons. The molecule has 0 bridgehead atoms. The van der Waals surface area contributed by atoms with E-state index in [0.29, 0.717) is 5.75 Å². The topological polar surface area (TPSA) is 37.4 Å². The van der Waals surface area contributed by atoms with E-state index in [1.54, 1.807) is 30.0 Å². The van der Waals surface area contributed by atoms with Gasteiger partial charge in [0.2, 0.25) is 0 Å². The van der Waals surface area contributed by atoms with Crippen LogP contribution in [0.1, 0.15) is 11.8 Å². The van der Waals surface area contributed by atoms with E-state index in [1.165, 1.54) is 4.88 Å². The molecule has 18 heavy (non-hydrogen) atoms. The van der Waals surface area contributed by atoms with Gasteiger partial charge >= 0.3 is 0 Å². The van der Waals surface area contributed by atoms with Crippen LogP contribution in [0.4, 0.5) is 0 Å². The number of thioether (sulfide) groups is 1. The first-order valence-corrected chi connectivity index (χ1v) is 10.3. The second kappa shape index (κ2) is 6.26. The average molecular weight is 370 g/mol. The molecule has 1 aromatic heterocycles. The highest BCUT2D eigenvalue weighted by molar-refractivity contribution is 9.10. The van der Waals surface area contributed by atoms with Gasteiger partial charge in [0.05, 0.1) is 0 Å². The van der Waals surface area contributed by atoms with Crippen molar-refractivity contribution in [2.24, 2.45) is 0 Å². The van der Waals surface area contributed by atoms with Gasteiger partial charge in [-0.05, 0) is 27.4 Å². The first-order chi connectivity index (χ1) is 8.54. The maximum Gasteiger partial charge on any atom is 0.166 e. The third kappa shape index (κ3) is 3.30. The van der Waals surface area contributed by atoms with Crippen molar-refractivity contribution < 1.29 is 8.42 Å². The minimum absolute atomic E-state index is 0.223. The predicted molar refractivity (Wildman–Crippen MR) is 83.0 cm³/mol. The summed E-state index contributed by atoms with van der Waals surface area (Å²) in [5.41, 5.74) is 0. The Labute approximate surface area is 125 Å². The summed E-state index contributed by atoms with van der Waals surface area (Å²) in [6.45, 7) is 3.30. The molecule has 1 aliphatic heterocycles. The number of rotatable bonds is 4. The normalized spacial score (nSPS) is 22.2. The lowest BCUT2D eigenvalue weighted by molar-refractivity contribution is 0.263. The summed E-state index contributed by atoms with van der Waals surface area (Å²) in [7, 11) is -2.99. The molecule has 7 heteroatoms. The molecule has 3 nitrogen and oxygen atoms in total. The zero-order chi connectivity index (χ0) is 13.2. The van der Waals surface area contributed by atoms with E-state index in [9.17, 15) is 8.42 Å². The maximum atomic E-state index is 12.1. The van der Waals surface area contributed by atoms with E-state index in [-0.39, 0.29) is 11.1 Å². The highest BCUT2D eigenvalue weighted by Gasteiger charge is 2.33. The Hall–Kier alpha value is 0.440. The highest BCUT2D eigenvalue weighted by Crippen LogP contribution is 2.28. The summed E-state index contributed by atoms with van der Waals surface area (Å²) in [6, 6.07) is 2.02. The zero-order valence-electron chi connectivity index (χ0n) is 10.1. The van der Waals surface area contributed by atoms with Crippen LogP contribution in [-0.2, 0) is 16.4 Å². The number of hydrogen-bond acceptors (Lipinski definition) is 5. The smallest absolute Gasteiger partial charge is 0.166 e. The number of nitrogens with zero attached hydrogens (tertiary/aromatic N) is 1. The molecule has 102 valence electrons. The lowest BCUT2D eigenvalue weighted by Crippen LogP contribution is -2.47.